The summed E-state index contributed by atoms with van der Waals surface area (Å²) in [6.45, 7) is 3.82. The minimum absolute atomic E-state index is 0.157. The van der Waals surface area contributed by atoms with Crippen molar-refractivity contribution in [1.29, 1.82) is 5.26 Å². The molecule has 0 N–H and O–H groups in total. The number of anilines is 1. The van der Waals surface area contributed by atoms with Gasteiger partial charge in [-0.1, -0.05) is 54.2 Å². The van der Waals surface area contributed by atoms with E-state index in [1.165, 1.54) is 37.9 Å². The molecule has 3 heterocycles. The molecule has 0 amide bonds. The van der Waals surface area contributed by atoms with E-state index in [1.54, 1.807) is 17.5 Å². The van der Waals surface area contributed by atoms with Crippen LogP contribution in [-0.2, 0) is 17.9 Å². The molecule has 7 heteroatoms. The van der Waals surface area contributed by atoms with E-state index in [2.05, 4.69) is 46.3 Å². The molecule has 0 saturated carbocycles. The van der Waals surface area contributed by atoms with Crippen molar-refractivity contribution >= 4 is 32.7 Å². The zero-order valence-electron chi connectivity index (χ0n) is 18.6. The largest absolute Gasteiger partial charge is 0.460 e. The fourth-order valence-corrected chi connectivity index (χ4v) is 5.32. The quantitative estimate of drug-likeness (QED) is 0.491. The van der Waals surface area contributed by atoms with E-state index in [1.807, 2.05) is 29.2 Å². The van der Waals surface area contributed by atoms with Crippen LogP contribution < -0.4 is 4.90 Å². The lowest BCUT2D eigenvalue weighted by molar-refractivity contribution is 0.221. The molecule has 0 radical (unpaired) electrons. The maximum Gasteiger partial charge on any atom is 0.299 e. The summed E-state index contributed by atoms with van der Waals surface area (Å²) < 4.78 is 7.27. The molecule has 0 spiro atoms. The van der Waals surface area contributed by atoms with E-state index in [-0.39, 0.29) is 6.04 Å². The van der Waals surface area contributed by atoms with E-state index in [0.717, 1.165) is 27.5 Å². The third kappa shape index (κ3) is 5.08. The third-order valence-corrected chi connectivity index (χ3v) is 7.10. The van der Waals surface area contributed by atoms with Crippen LogP contribution in [0.15, 0.2) is 65.8 Å². The molecule has 2 aliphatic heterocycles. The summed E-state index contributed by atoms with van der Waals surface area (Å²) >= 11 is 1.58. The van der Waals surface area contributed by atoms with Crippen molar-refractivity contribution in [3.63, 3.8) is 0 Å². The predicted molar refractivity (Wildman–Crippen MR) is 133 cm³/mol. The van der Waals surface area contributed by atoms with Crippen molar-refractivity contribution in [2.45, 2.75) is 44.9 Å². The number of para-hydroxylation sites is 1. The van der Waals surface area contributed by atoms with Crippen molar-refractivity contribution < 1.29 is 4.74 Å². The van der Waals surface area contributed by atoms with Crippen LogP contribution in [0.2, 0.25) is 0 Å². The first-order chi connectivity index (χ1) is 16.3. The second kappa shape index (κ2) is 10.2. The van der Waals surface area contributed by atoms with Gasteiger partial charge in [0.25, 0.3) is 6.02 Å². The van der Waals surface area contributed by atoms with Crippen molar-refractivity contribution in [2.24, 2.45) is 4.99 Å². The smallest absolute Gasteiger partial charge is 0.299 e. The van der Waals surface area contributed by atoms with Gasteiger partial charge in [0.1, 0.15) is 6.61 Å². The van der Waals surface area contributed by atoms with Crippen molar-refractivity contribution in [1.82, 2.24) is 9.88 Å². The summed E-state index contributed by atoms with van der Waals surface area (Å²) in [6.07, 6.45) is 7.95. The van der Waals surface area contributed by atoms with Gasteiger partial charge in [0.2, 0.25) is 0 Å². The Bertz CT molecular complexity index is 1150. The summed E-state index contributed by atoms with van der Waals surface area (Å²) in [4.78, 5) is 13.7. The van der Waals surface area contributed by atoms with Crippen molar-refractivity contribution in [3.8, 4) is 6.07 Å². The van der Waals surface area contributed by atoms with Gasteiger partial charge in [0, 0.05) is 12.7 Å². The lowest BCUT2D eigenvalue weighted by Crippen LogP contribution is -2.42. The number of benzene rings is 2. The Morgan fingerprint density at radius 3 is 2.61 bits per heavy atom. The number of nitriles is 1. The van der Waals surface area contributed by atoms with Crippen LogP contribution in [-0.4, -0.2) is 35.0 Å². The van der Waals surface area contributed by atoms with Crippen molar-refractivity contribution in [3.05, 3.63) is 71.9 Å². The van der Waals surface area contributed by atoms with Gasteiger partial charge < -0.3 is 4.74 Å². The molecule has 0 aliphatic carbocycles. The van der Waals surface area contributed by atoms with Crippen LogP contribution in [0.25, 0.3) is 10.2 Å². The zero-order valence-corrected chi connectivity index (χ0v) is 19.4. The van der Waals surface area contributed by atoms with E-state index < -0.39 is 0 Å². The van der Waals surface area contributed by atoms with Gasteiger partial charge in [-0.05, 0) is 55.3 Å². The molecule has 1 fully saturated rings. The van der Waals surface area contributed by atoms with E-state index in [9.17, 15) is 5.26 Å². The minimum Gasteiger partial charge on any atom is -0.460 e. The Labute approximate surface area is 198 Å². The standard InChI is InChI=1S/C26H27N5OS/c27-14-12-22-13-15-28-25(31(22)26-29-23-6-2-3-7-24(23)33-26)32-19-21-10-8-20(9-11-21)18-30-16-4-1-5-17-30/h2-3,6-11,13,15,22H,1,4-5,12,16-19H2. The fourth-order valence-electron chi connectivity index (χ4n) is 4.31. The third-order valence-electron chi connectivity index (χ3n) is 6.07. The van der Waals surface area contributed by atoms with Crippen LogP contribution in [0.3, 0.4) is 0 Å². The number of thiazole rings is 1. The molecule has 1 atom stereocenters. The number of aliphatic imine (C=N–C) groups is 1. The first-order valence-corrected chi connectivity index (χ1v) is 12.3. The summed E-state index contributed by atoms with van der Waals surface area (Å²) in [5.41, 5.74) is 3.37. The summed E-state index contributed by atoms with van der Waals surface area (Å²) in [7, 11) is 0. The molecular formula is C26H27N5OS. The van der Waals surface area contributed by atoms with Crippen LogP contribution in [0.1, 0.15) is 36.8 Å². The highest BCUT2D eigenvalue weighted by atomic mass is 32.1. The first-order valence-electron chi connectivity index (χ1n) is 11.5. The maximum atomic E-state index is 9.35. The number of fused-ring (bicyclic) bond motifs is 1. The molecule has 1 unspecified atom stereocenters. The van der Waals surface area contributed by atoms with Gasteiger partial charge in [-0.15, -0.1) is 0 Å². The number of piperidine rings is 1. The number of likely N-dealkylation sites (tertiary alicyclic amines) is 1. The van der Waals surface area contributed by atoms with Crippen LogP contribution >= 0.6 is 11.3 Å². The van der Waals surface area contributed by atoms with Gasteiger partial charge in [0.05, 0.1) is 28.7 Å². The van der Waals surface area contributed by atoms with E-state index in [4.69, 9.17) is 9.72 Å². The van der Waals surface area contributed by atoms with Gasteiger partial charge >= 0.3 is 0 Å². The van der Waals surface area contributed by atoms with E-state index in [0.29, 0.717) is 19.0 Å². The summed E-state index contributed by atoms with van der Waals surface area (Å²) in [6, 6.07) is 19.3. The number of rotatable bonds is 6. The highest BCUT2D eigenvalue weighted by Gasteiger charge is 2.28. The number of hydrogen-bond donors (Lipinski definition) is 0. The SMILES string of the molecule is N#CCC1C=CN=C(OCc2ccc(CN3CCCCC3)cc2)N1c1nc2ccccc2s1. The number of amidine groups is 1. The molecule has 1 aromatic heterocycles. The average Bonchev–Trinajstić information content (AvgIpc) is 3.28. The highest BCUT2D eigenvalue weighted by molar-refractivity contribution is 7.22. The van der Waals surface area contributed by atoms with E-state index >= 15 is 0 Å². The van der Waals surface area contributed by atoms with Crippen LogP contribution in [0.5, 0.6) is 0 Å². The second-order valence-corrected chi connectivity index (χ2v) is 9.47. The Morgan fingerprint density at radius 1 is 1.03 bits per heavy atom. The molecule has 33 heavy (non-hydrogen) atoms. The number of hydrogen-bond acceptors (Lipinski definition) is 7. The zero-order chi connectivity index (χ0) is 22.5. The number of nitrogens with zero attached hydrogens (tertiary/aromatic N) is 5. The monoisotopic (exact) mass is 457 g/mol. The minimum atomic E-state index is -0.157. The molecule has 2 aromatic carbocycles. The lowest BCUT2D eigenvalue weighted by atomic mass is 10.1. The Hall–Kier alpha value is -3.21. The average molecular weight is 458 g/mol. The van der Waals surface area contributed by atoms with Crippen LogP contribution in [0, 0.1) is 11.3 Å². The molecule has 5 rings (SSSR count). The second-order valence-electron chi connectivity index (χ2n) is 8.46. The van der Waals surface area contributed by atoms with Gasteiger partial charge in [-0.25, -0.2) is 9.98 Å². The summed E-state index contributed by atoms with van der Waals surface area (Å²) in [5.74, 6) is 0. The topological polar surface area (TPSA) is 64.8 Å². The Kier molecular flexibility index (Phi) is 6.66. The number of ether oxygens (including phenoxy) is 1. The maximum absolute atomic E-state index is 9.35. The van der Waals surface area contributed by atoms with Crippen molar-refractivity contribution in [2.75, 3.05) is 18.0 Å². The molecule has 2 aliphatic rings. The normalized spacial score (nSPS) is 18.8. The molecule has 168 valence electrons. The molecule has 3 aromatic rings. The Balaban J connectivity index is 1.29. The van der Waals surface area contributed by atoms with Gasteiger partial charge in [-0.3, -0.25) is 9.80 Å². The molecule has 0 bridgehead atoms. The van der Waals surface area contributed by atoms with Gasteiger partial charge in [-0.2, -0.15) is 5.26 Å². The molecule has 1 saturated heterocycles. The van der Waals surface area contributed by atoms with Crippen LogP contribution in [0.4, 0.5) is 5.13 Å². The Morgan fingerprint density at radius 2 is 1.82 bits per heavy atom. The molecule has 6 nitrogen and oxygen atoms in total. The van der Waals surface area contributed by atoms with Gasteiger partial charge in [0.15, 0.2) is 5.13 Å². The first kappa shape index (κ1) is 21.6. The highest BCUT2D eigenvalue weighted by Crippen LogP contribution is 2.32. The fraction of sp³-hybridized carbons (Fsp3) is 0.346. The molecular weight excluding hydrogens is 430 g/mol. The number of aromatic nitrogens is 1. The summed E-state index contributed by atoms with van der Waals surface area (Å²) in [5, 5.41) is 10.1. The predicted octanol–water partition coefficient (Wildman–Crippen LogP) is 5.47. The lowest BCUT2D eigenvalue weighted by Gasteiger charge is -2.30.